The van der Waals surface area contributed by atoms with Crippen LogP contribution in [0.4, 0.5) is 5.69 Å². The van der Waals surface area contributed by atoms with Crippen LogP contribution in [-0.2, 0) is 0 Å². The number of amides is 1. The number of fused-ring (bicyclic) bond motifs is 2. The van der Waals surface area contributed by atoms with Gasteiger partial charge < -0.3 is 14.5 Å². The van der Waals surface area contributed by atoms with E-state index in [4.69, 9.17) is 14.1 Å². The van der Waals surface area contributed by atoms with E-state index in [2.05, 4.69) is 5.32 Å². The lowest BCUT2D eigenvalue weighted by Gasteiger charge is -2.08. The summed E-state index contributed by atoms with van der Waals surface area (Å²) in [5.41, 5.74) is 3.08. The fourth-order valence-electron chi connectivity index (χ4n) is 3.37. The van der Waals surface area contributed by atoms with Gasteiger partial charge in [0, 0.05) is 10.9 Å². The second-order valence-electron chi connectivity index (χ2n) is 6.70. The molecule has 2 heterocycles. The summed E-state index contributed by atoms with van der Waals surface area (Å²) in [6.07, 6.45) is 0. The highest BCUT2D eigenvalue weighted by atomic mass is 32.1. The van der Waals surface area contributed by atoms with E-state index in [-0.39, 0.29) is 11.7 Å². The molecular formula is C24H18N2O3S. The quantitative estimate of drug-likeness (QED) is 0.363. The first-order chi connectivity index (χ1) is 14.7. The molecule has 148 valence electrons. The summed E-state index contributed by atoms with van der Waals surface area (Å²) in [7, 11) is 0. The van der Waals surface area contributed by atoms with Crippen molar-refractivity contribution >= 4 is 44.1 Å². The lowest BCUT2D eigenvalue weighted by molar-refractivity contribution is 0.0998. The SMILES string of the molecule is CCOc1cccc2cc(C(=O)Nc3ccccc3-c3nc4ccccc4s3)oc12. The average molecular weight is 414 g/mol. The molecule has 6 heteroatoms. The molecule has 0 radical (unpaired) electrons. The minimum Gasteiger partial charge on any atom is -0.490 e. The summed E-state index contributed by atoms with van der Waals surface area (Å²) in [6.45, 7) is 2.44. The van der Waals surface area contributed by atoms with E-state index in [0.717, 1.165) is 26.2 Å². The zero-order valence-corrected chi connectivity index (χ0v) is 17.0. The predicted octanol–water partition coefficient (Wildman–Crippen LogP) is 6.36. The van der Waals surface area contributed by atoms with Crippen molar-refractivity contribution in [2.45, 2.75) is 6.92 Å². The van der Waals surface area contributed by atoms with E-state index < -0.39 is 0 Å². The Morgan fingerprint density at radius 2 is 1.90 bits per heavy atom. The molecule has 0 aliphatic heterocycles. The number of para-hydroxylation sites is 3. The van der Waals surface area contributed by atoms with Gasteiger partial charge in [-0.3, -0.25) is 4.79 Å². The van der Waals surface area contributed by atoms with Crippen LogP contribution in [0.1, 0.15) is 17.5 Å². The molecule has 0 aliphatic rings. The fourth-order valence-corrected chi connectivity index (χ4v) is 4.37. The van der Waals surface area contributed by atoms with E-state index in [0.29, 0.717) is 23.6 Å². The van der Waals surface area contributed by atoms with Gasteiger partial charge in [0.15, 0.2) is 17.1 Å². The van der Waals surface area contributed by atoms with Gasteiger partial charge in [0.2, 0.25) is 0 Å². The third-order valence-electron chi connectivity index (χ3n) is 4.73. The maximum atomic E-state index is 12.9. The van der Waals surface area contributed by atoms with Gasteiger partial charge in [0.1, 0.15) is 5.01 Å². The van der Waals surface area contributed by atoms with Crippen LogP contribution in [0.5, 0.6) is 5.75 Å². The molecule has 5 rings (SSSR count). The molecule has 1 N–H and O–H groups in total. The van der Waals surface area contributed by atoms with Gasteiger partial charge >= 0.3 is 0 Å². The number of nitrogens with zero attached hydrogens (tertiary/aromatic N) is 1. The first-order valence-corrected chi connectivity index (χ1v) is 10.5. The number of anilines is 1. The highest BCUT2D eigenvalue weighted by Gasteiger charge is 2.17. The van der Waals surface area contributed by atoms with Crippen molar-refractivity contribution < 1.29 is 13.9 Å². The Morgan fingerprint density at radius 3 is 2.77 bits per heavy atom. The average Bonchev–Trinajstić information content (AvgIpc) is 3.39. The number of ether oxygens (including phenoxy) is 1. The van der Waals surface area contributed by atoms with Gasteiger partial charge in [-0.25, -0.2) is 4.98 Å². The molecule has 5 nitrogen and oxygen atoms in total. The lowest BCUT2D eigenvalue weighted by Crippen LogP contribution is -2.11. The van der Waals surface area contributed by atoms with Crippen LogP contribution in [0.2, 0.25) is 0 Å². The topological polar surface area (TPSA) is 64.4 Å². The van der Waals surface area contributed by atoms with Crippen LogP contribution < -0.4 is 10.1 Å². The molecule has 0 saturated carbocycles. The number of carbonyl (C=O) groups is 1. The van der Waals surface area contributed by atoms with E-state index in [9.17, 15) is 4.79 Å². The smallest absolute Gasteiger partial charge is 0.291 e. The minimum atomic E-state index is -0.317. The van der Waals surface area contributed by atoms with Gasteiger partial charge in [0.25, 0.3) is 5.91 Å². The van der Waals surface area contributed by atoms with Gasteiger partial charge in [-0.15, -0.1) is 11.3 Å². The Labute approximate surface area is 176 Å². The molecule has 0 bridgehead atoms. The molecule has 1 amide bonds. The second-order valence-corrected chi connectivity index (χ2v) is 7.74. The maximum absolute atomic E-state index is 12.9. The second kappa shape index (κ2) is 7.65. The Morgan fingerprint density at radius 1 is 1.07 bits per heavy atom. The normalized spacial score (nSPS) is 11.1. The van der Waals surface area contributed by atoms with Crippen LogP contribution in [-0.4, -0.2) is 17.5 Å². The molecule has 30 heavy (non-hydrogen) atoms. The highest BCUT2D eigenvalue weighted by molar-refractivity contribution is 7.21. The summed E-state index contributed by atoms with van der Waals surface area (Å²) in [4.78, 5) is 17.7. The van der Waals surface area contributed by atoms with Crippen molar-refractivity contribution in [3.8, 4) is 16.3 Å². The third-order valence-corrected chi connectivity index (χ3v) is 5.80. The van der Waals surface area contributed by atoms with Crippen molar-refractivity contribution in [2.24, 2.45) is 0 Å². The van der Waals surface area contributed by atoms with Gasteiger partial charge in [-0.2, -0.15) is 0 Å². The zero-order chi connectivity index (χ0) is 20.5. The molecule has 0 fully saturated rings. The lowest BCUT2D eigenvalue weighted by atomic mass is 10.2. The van der Waals surface area contributed by atoms with Crippen molar-refractivity contribution in [1.29, 1.82) is 0 Å². The van der Waals surface area contributed by atoms with Crippen molar-refractivity contribution in [3.63, 3.8) is 0 Å². The number of hydrogen-bond donors (Lipinski definition) is 1. The number of nitrogens with one attached hydrogen (secondary N) is 1. The van der Waals surface area contributed by atoms with Crippen molar-refractivity contribution in [1.82, 2.24) is 4.98 Å². The molecule has 0 saturated heterocycles. The molecule has 3 aromatic carbocycles. The molecular weight excluding hydrogens is 396 g/mol. The number of furan rings is 1. The maximum Gasteiger partial charge on any atom is 0.291 e. The van der Waals surface area contributed by atoms with Gasteiger partial charge in [0.05, 0.1) is 22.5 Å². The molecule has 0 unspecified atom stereocenters. The van der Waals surface area contributed by atoms with Crippen LogP contribution in [0.3, 0.4) is 0 Å². The molecule has 2 aromatic heterocycles. The predicted molar refractivity (Wildman–Crippen MR) is 120 cm³/mol. The van der Waals surface area contributed by atoms with Crippen LogP contribution in [0.25, 0.3) is 31.8 Å². The van der Waals surface area contributed by atoms with E-state index in [1.807, 2.05) is 73.7 Å². The largest absolute Gasteiger partial charge is 0.490 e. The summed E-state index contributed by atoms with van der Waals surface area (Å²) in [5, 5.41) is 4.66. The monoisotopic (exact) mass is 414 g/mol. The first-order valence-electron chi connectivity index (χ1n) is 9.64. The zero-order valence-electron chi connectivity index (χ0n) is 16.2. The minimum absolute atomic E-state index is 0.233. The number of rotatable bonds is 5. The van der Waals surface area contributed by atoms with Crippen LogP contribution >= 0.6 is 11.3 Å². The van der Waals surface area contributed by atoms with Gasteiger partial charge in [-0.1, -0.05) is 36.4 Å². The molecule has 0 aliphatic carbocycles. The van der Waals surface area contributed by atoms with E-state index in [1.54, 1.807) is 17.4 Å². The van der Waals surface area contributed by atoms with E-state index in [1.165, 1.54) is 0 Å². The standard InChI is InChI=1S/C24H18N2O3S/c1-2-28-19-12-7-8-15-14-20(29-22(15)19)23(27)25-17-10-4-3-9-16(17)24-26-18-11-5-6-13-21(18)30-24/h3-14H,2H2,1H3,(H,25,27). The first kappa shape index (κ1) is 18.4. The summed E-state index contributed by atoms with van der Waals surface area (Å²) >= 11 is 1.60. The molecule has 5 aromatic rings. The van der Waals surface area contributed by atoms with Gasteiger partial charge in [-0.05, 0) is 43.3 Å². The summed E-state index contributed by atoms with van der Waals surface area (Å²) < 4.78 is 12.5. The number of hydrogen-bond acceptors (Lipinski definition) is 5. The summed E-state index contributed by atoms with van der Waals surface area (Å²) in [6, 6.07) is 23.0. The molecule has 0 spiro atoms. The number of thiazole rings is 1. The Bertz CT molecular complexity index is 1340. The Kier molecular flexibility index (Phi) is 4.69. The Balaban J connectivity index is 1.48. The number of carbonyl (C=O) groups excluding carboxylic acids is 1. The van der Waals surface area contributed by atoms with Crippen molar-refractivity contribution in [2.75, 3.05) is 11.9 Å². The number of benzene rings is 3. The fraction of sp³-hybridized carbons (Fsp3) is 0.0833. The van der Waals surface area contributed by atoms with Crippen LogP contribution in [0.15, 0.2) is 77.2 Å². The van der Waals surface area contributed by atoms with Crippen LogP contribution in [0, 0.1) is 0 Å². The highest BCUT2D eigenvalue weighted by Crippen LogP contribution is 2.35. The third kappa shape index (κ3) is 3.31. The van der Waals surface area contributed by atoms with E-state index >= 15 is 0 Å². The molecule has 0 atom stereocenters. The Hall–Kier alpha value is -3.64. The summed E-state index contributed by atoms with van der Waals surface area (Å²) in [5.74, 6) is 0.544. The van der Waals surface area contributed by atoms with Crippen molar-refractivity contribution in [3.05, 3.63) is 78.6 Å². The number of aromatic nitrogens is 1.